The Balaban J connectivity index is 0.00000784. The Hall–Kier alpha value is -1.55. The number of nitrogens with one attached hydrogen (secondary N) is 3. The third-order valence-electron chi connectivity index (χ3n) is 4.17. The van der Waals surface area contributed by atoms with Gasteiger partial charge in [-0.15, -0.1) is 24.0 Å². The van der Waals surface area contributed by atoms with Gasteiger partial charge in [0.15, 0.2) is 5.96 Å². The number of benzene rings is 1. The first kappa shape index (κ1) is 27.5. The van der Waals surface area contributed by atoms with E-state index in [0.717, 1.165) is 37.7 Å². The van der Waals surface area contributed by atoms with Crippen LogP contribution in [0.1, 0.15) is 40.2 Å². The second-order valence-corrected chi connectivity index (χ2v) is 8.07. The summed E-state index contributed by atoms with van der Waals surface area (Å²) in [5.41, 5.74) is 1.39. The minimum Gasteiger partial charge on any atom is -0.444 e. The van der Waals surface area contributed by atoms with Crippen molar-refractivity contribution in [2.45, 2.75) is 52.7 Å². The maximum absolute atomic E-state index is 11.8. The molecule has 0 aliphatic carbocycles. The van der Waals surface area contributed by atoms with E-state index in [-0.39, 0.29) is 24.0 Å². The summed E-state index contributed by atoms with van der Waals surface area (Å²) >= 11 is 0. The van der Waals surface area contributed by atoms with E-state index < -0.39 is 11.7 Å². The number of halogens is 1. The molecule has 0 heterocycles. The van der Waals surface area contributed by atoms with Gasteiger partial charge < -0.3 is 20.3 Å². The van der Waals surface area contributed by atoms with Crippen molar-refractivity contribution in [2.24, 2.45) is 4.99 Å². The quantitative estimate of drug-likeness (QED) is 0.278. The fourth-order valence-corrected chi connectivity index (χ4v) is 2.33. The Labute approximate surface area is 193 Å². The van der Waals surface area contributed by atoms with Gasteiger partial charge in [0.25, 0.3) is 0 Å². The molecular weight excluding hydrogens is 481 g/mol. The minimum atomic E-state index is -0.507. The predicted molar refractivity (Wildman–Crippen MR) is 133 cm³/mol. The zero-order valence-electron chi connectivity index (χ0n) is 18.8. The molecule has 166 valence electrons. The molecule has 0 atom stereocenters. The molecule has 0 saturated heterocycles. The Morgan fingerprint density at radius 1 is 1.14 bits per heavy atom. The van der Waals surface area contributed by atoms with E-state index in [4.69, 9.17) is 4.74 Å². The lowest BCUT2D eigenvalue weighted by atomic mass is 10.1. The zero-order valence-corrected chi connectivity index (χ0v) is 21.2. The lowest BCUT2D eigenvalue weighted by Crippen LogP contribution is -2.42. The molecule has 0 saturated carbocycles. The average Bonchev–Trinajstić information content (AvgIpc) is 2.59. The van der Waals surface area contributed by atoms with E-state index in [0.29, 0.717) is 6.04 Å². The van der Waals surface area contributed by atoms with Gasteiger partial charge in [0.1, 0.15) is 5.60 Å². The van der Waals surface area contributed by atoms with Crippen LogP contribution in [0.2, 0.25) is 0 Å². The lowest BCUT2D eigenvalue weighted by molar-refractivity contribution is 0.0636. The Morgan fingerprint density at radius 2 is 1.72 bits per heavy atom. The van der Waals surface area contributed by atoms with Crippen molar-refractivity contribution in [3.8, 4) is 0 Å². The van der Waals surface area contributed by atoms with Gasteiger partial charge >= 0.3 is 6.09 Å². The summed E-state index contributed by atoms with van der Waals surface area (Å²) in [5, 5.41) is 9.39. The van der Waals surface area contributed by atoms with Crippen molar-refractivity contribution in [3.05, 3.63) is 29.8 Å². The van der Waals surface area contributed by atoms with E-state index >= 15 is 0 Å². The van der Waals surface area contributed by atoms with Gasteiger partial charge in [0.2, 0.25) is 0 Å². The number of aliphatic imine (C=N–C) groups is 1. The smallest absolute Gasteiger partial charge is 0.412 e. The summed E-state index contributed by atoms with van der Waals surface area (Å²) in [5.74, 6) is 0.806. The number of carbonyl (C=O) groups is 1. The van der Waals surface area contributed by atoms with Crippen LogP contribution in [0.15, 0.2) is 29.3 Å². The van der Waals surface area contributed by atoms with Crippen molar-refractivity contribution >= 4 is 41.7 Å². The largest absolute Gasteiger partial charge is 0.444 e. The number of amides is 1. The number of nitrogens with zero attached hydrogens (tertiary/aromatic N) is 2. The molecule has 0 unspecified atom stereocenters. The van der Waals surface area contributed by atoms with Crippen molar-refractivity contribution in [1.82, 2.24) is 15.5 Å². The molecule has 7 nitrogen and oxygen atoms in total. The molecule has 0 fully saturated rings. The highest BCUT2D eigenvalue weighted by atomic mass is 127. The first-order valence-corrected chi connectivity index (χ1v) is 9.84. The van der Waals surface area contributed by atoms with E-state index in [1.165, 1.54) is 5.56 Å². The third-order valence-corrected chi connectivity index (χ3v) is 4.17. The van der Waals surface area contributed by atoms with Gasteiger partial charge in [0.05, 0.1) is 0 Å². The van der Waals surface area contributed by atoms with E-state index in [9.17, 15) is 4.79 Å². The highest BCUT2D eigenvalue weighted by Gasteiger charge is 2.16. The molecule has 1 rings (SSSR count). The van der Waals surface area contributed by atoms with Crippen LogP contribution >= 0.6 is 24.0 Å². The molecule has 0 spiro atoms. The number of carbonyl (C=O) groups excluding carboxylic acids is 1. The number of guanidine groups is 1. The van der Waals surface area contributed by atoms with Crippen LogP contribution in [0.5, 0.6) is 0 Å². The summed E-state index contributed by atoms with van der Waals surface area (Å²) in [6.07, 6.45) is 0.416. The molecular formula is C21H38IN5O2. The number of likely N-dealkylation sites (N-methyl/N-ethyl adjacent to an activating group) is 1. The van der Waals surface area contributed by atoms with Crippen LogP contribution in [-0.2, 0) is 11.2 Å². The molecule has 1 amide bonds. The molecule has 3 N–H and O–H groups in total. The fraction of sp³-hybridized carbons (Fsp3) is 0.619. The minimum absolute atomic E-state index is 0. The molecule has 0 bridgehead atoms. The third kappa shape index (κ3) is 12.6. The molecule has 0 radical (unpaired) electrons. The first-order chi connectivity index (χ1) is 13.1. The standard InChI is InChI=1S/C21H37N5O2.HI/c1-16(2)26(7)15-14-24-19(22-6)23-13-12-17-8-10-18(11-9-17)25-20(27)28-21(3,4)5;/h8-11,16H,12-15H2,1-7H3,(H,25,27)(H2,22,23,24);1H. The van der Waals surface area contributed by atoms with Gasteiger partial charge in [-0.25, -0.2) is 4.79 Å². The fourth-order valence-electron chi connectivity index (χ4n) is 2.33. The van der Waals surface area contributed by atoms with Crippen molar-refractivity contribution in [1.29, 1.82) is 0 Å². The second-order valence-electron chi connectivity index (χ2n) is 8.07. The summed E-state index contributed by atoms with van der Waals surface area (Å²) < 4.78 is 5.25. The van der Waals surface area contributed by atoms with Gasteiger partial charge in [-0.2, -0.15) is 0 Å². The van der Waals surface area contributed by atoms with Crippen LogP contribution in [0.25, 0.3) is 0 Å². The molecule has 1 aromatic carbocycles. The molecule has 29 heavy (non-hydrogen) atoms. The van der Waals surface area contributed by atoms with Crippen LogP contribution in [-0.4, -0.2) is 62.3 Å². The summed E-state index contributed by atoms with van der Waals surface area (Å²) in [6.45, 7) is 12.5. The topological polar surface area (TPSA) is 78.0 Å². The number of rotatable bonds is 8. The number of hydrogen-bond donors (Lipinski definition) is 3. The van der Waals surface area contributed by atoms with Crippen molar-refractivity contribution in [2.75, 3.05) is 39.0 Å². The van der Waals surface area contributed by atoms with Crippen LogP contribution in [0.4, 0.5) is 10.5 Å². The van der Waals surface area contributed by atoms with Crippen molar-refractivity contribution in [3.63, 3.8) is 0 Å². The highest BCUT2D eigenvalue weighted by molar-refractivity contribution is 14.0. The monoisotopic (exact) mass is 519 g/mol. The van der Waals surface area contributed by atoms with Crippen LogP contribution in [0, 0.1) is 0 Å². The Kier molecular flexibility index (Phi) is 12.9. The number of hydrogen-bond acceptors (Lipinski definition) is 4. The van der Waals surface area contributed by atoms with Gasteiger partial charge in [0, 0.05) is 38.4 Å². The molecule has 8 heteroatoms. The molecule has 0 aromatic heterocycles. The van der Waals surface area contributed by atoms with Gasteiger partial charge in [-0.1, -0.05) is 12.1 Å². The van der Waals surface area contributed by atoms with E-state index in [1.807, 2.05) is 45.0 Å². The Morgan fingerprint density at radius 3 is 2.24 bits per heavy atom. The first-order valence-electron chi connectivity index (χ1n) is 9.84. The molecule has 0 aliphatic heterocycles. The van der Waals surface area contributed by atoms with E-state index in [1.54, 1.807) is 7.05 Å². The number of ether oxygens (including phenoxy) is 1. The van der Waals surface area contributed by atoms with Gasteiger partial charge in [-0.3, -0.25) is 10.3 Å². The van der Waals surface area contributed by atoms with Crippen LogP contribution in [0.3, 0.4) is 0 Å². The second kappa shape index (κ2) is 13.6. The van der Waals surface area contributed by atoms with E-state index in [2.05, 4.69) is 46.7 Å². The molecule has 1 aromatic rings. The summed E-state index contributed by atoms with van der Waals surface area (Å²) in [7, 11) is 3.89. The SMILES string of the molecule is CN=C(NCCc1ccc(NC(=O)OC(C)(C)C)cc1)NCCN(C)C(C)C.I. The van der Waals surface area contributed by atoms with Crippen molar-refractivity contribution < 1.29 is 9.53 Å². The van der Waals surface area contributed by atoms with Gasteiger partial charge in [-0.05, 0) is 65.8 Å². The maximum Gasteiger partial charge on any atom is 0.412 e. The Bertz CT molecular complexity index is 627. The average molecular weight is 519 g/mol. The summed E-state index contributed by atoms with van der Waals surface area (Å²) in [6, 6.07) is 8.30. The number of anilines is 1. The van der Waals surface area contributed by atoms with Crippen LogP contribution < -0.4 is 16.0 Å². The molecule has 0 aliphatic rings. The normalized spacial score (nSPS) is 11.8. The maximum atomic E-state index is 11.8. The lowest BCUT2D eigenvalue weighted by Gasteiger charge is -2.21. The highest BCUT2D eigenvalue weighted by Crippen LogP contribution is 2.13. The predicted octanol–water partition coefficient (Wildman–Crippen LogP) is 3.70. The summed E-state index contributed by atoms with van der Waals surface area (Å²) in [4.78, 5) is 18.3. The zero-order chi connectivity index (χ0) is 21.2.